The molecule has 0 saturated carbocycles. The molecule has 1 amide bonds. The van der Waals surface area contributed by atoms with E-state index in [1.165, 1.54) is 109 Å². The van der Waals surface area contributed by atoms with Crippen LogP contribution in [0.4, 0.5) is 0 Å². The predicted octanol–water partition coefficient (Wildman–Crippen LogP) is 13.4. The van der Waals surface area contributed by atoms with Gasteiger partial charge in [0.2, 0.25) is 0 Å². The Morgan fingerprint density at radius 3 is 1.60 bits per heavy atom. The number of aryl methyl sites for hydroxylation is 1. The molecule has 0 spiro atoms. The molecule has 1 atom stereocenters. The SMILES string of the molecule is CCCCCCCCCCCOC(=O)CCCCCN(CCCCCCCC(=O)OC(CCCCCCCC)CCCCCCCC)CC(O)CCCCNC(=O)c1ccnn1C. The van der Waals surface area contributed by atoms with Crippen LogP contribution in [0, 0.1) is 0 Å². The number of aliphatic hydroxyl groups excluding tert-OH is 1. The average molecular weight is 889 g/mol. The lowest BCUT2D eigenvalue weighted by atomic mass is 10.0. The topological polar surface area (TPSA) is 123 Å². The maximum absolute atomic E-state index is 12.9. The molecular weight excluding hydrogens is 789 g/mol. The Bertz CT molecular complexity index is 1180. The fourth-order valence-corrected chi connectivity index (χ4v) is 8.48. The second kappa shape index (κ2) is 43.4. The van der Waals surface area contributed by atoms with Crippen LogP contribution < -0.4 is 5.32 Å². The van der Waals surface area contributed by atoms with Crippen LogP contribution in [0.3, 0.4) is 0 Å². The number of amides is 1. The van der Waals surface area contributed by atoms with Gasteiger partial charge in [-0.3, -0.25) is 19.1 Å². The van der Waals surface area contributed by atoms with Crippen LogP contribution in [0.25, 0.3) is 0 Å². The molecule has 0 bridgehead atoms. The van der Waals surface area contributed by atoms with Gasteiger partial charge in [-0.15, -0.1) is 0 Å². The molecule has 368 valence electrons. The molecule has 10 heteroatoms. The van der Waals surface area contributed by atoms with Gasteiger partial charge in [0.1, 0.15) is 11.8 Å². The number of carbonyl (C=O) groups is 3. The van der Waals surface area contributed by atoms with Crippen molar-refractivity contribution in [1.82, 2.24) is 20.0 Å². The minimum Gasteiger partial charge on any atom is -0.466 e. The zero-order chi connectivity index (χ0) is 45.9. The summed E-state index contributed by atoms with van der Waals surface area (Å²) in [5, 5.41) is 18.0. The smallest absolute Gasteiger partial charge is 0.306 e. The van der Waals surface area contributed by atoms with Crippen LogP contribution >= 0.6 is 0 Å². The third kappa shape index (κ3) is 36.5. The highest BCUT2D eigenvalue weighted by Gasteiger charge is 2.16. The van der Waals surface area contributed by atoms with E-state index in [1.807, 2.05) is 0 Å². The monoisotopic (exact) mass is 889 g/mol. The number of ether oxygens (including phenoxy) is 2. The summed E-state index contributed by atoms with van der Waals surface area (Å²) < 4.78 is 13.2. The van der Waals surface area contributed by atoms with Gasteiger partial charge in [0, 0.05) is 39.2 Å². The van der Waals surface area contributed by atoms with E-state index in [0.717, 1.165) is 116 Å². The van der Waals surface area contributed by atoms with Crippen LogP contribution in [0.5, 0.6) is 0 Å². The summed E-state index contributed by atoms with van der Waals surface area (Å²) in [6.07, 6.45) is 41.0. The van der Waals surface area contributed by atoms with Crippen molar-refractivity contribution in [2.45, 2.75) is 264 Å². The molecule has 2 N–H and O–H groups in total. The molecule has 0 radical (unpaired) electrons. The van der Waals surface area contributed by atoms with Crippen molar-refractivity contribution in [1.29, 1.82) is 0 Å². The number of nitrogens with one attached hydrogen (secondary N) is 1. The van der Waals surface area contributed by atoms with Gasteiger partial charge >= 0.3 is 11.9 Å². The maximum atomic E-state index is 12.9. The van der Waals surface area contributed by atoms with E-state index in [0.29, 0.717) is 44.7 Å². The van der Waals surface area contributed by atoms with E-state index in [4.69, 9.17) is 9.47 Å². The standard InChI is InChI=1S/C53H100N4O6/c1-5-8-11-14-17-18-19-25-35-46-62-51(59)39-30-26-34-45-57(47-48(58)36-31-32-42-54-53(61)50-41-43-55-56(50)4)44-33-24-20-23-29-40-52(60)63-49(37-27-21-15-12-9-6-2)38-28-22-16-13-10-7-3/h41,43,48-49,58H,5-40,42,44-47H2,1-4H3,(H,54,61). The van der Waals surface area contributed by atoms with Crippen LogP contribution in [-0.4, -0.2) is 82.6 Å². The molecule has 1 aromatic rings. The van der Waals surface area contributed by atoms with Crippen molar-refractivity contribution in [2.24, 2.45) is 7.05 Å². The van der Waals surface area contributed by atoms with Gasteiger partial charge in [0.15, 0.2) is 0 Å². The number of unbranched alkanes of at least 4 members (excludes halogenated alkanes) is 25. The fourth-order valence-electron chi connectivity index (χ4n) is 8.48. The number of carbonyl (C=O) groups excluding carboxylic acids is 3. The van der Waals surface area contributed by atoms with E-state index in [-0.39, 0.29) is 23.9 Å². The third-order valence-corrected chi connectivity index (χ3v) is 12.6. The highest BCUT2D eigenvalue weighted by molar-refractivity contribution is 5.92. The molecule has 0 aliphatic carbocycles. The minimum atomic E-state index is -0.425. The van der Waals surface area contributed by atoms with Gasteiger partial charge in [0.25, 0.3) is 5.91 Å². The number of rotatable bonds is 47. The van der Waals surface area contributed by atoms with Crippen molar-refractivity contribution < 1.29 is 29.0 Å². The normalized spacial score (nSPS) is 12.0. The first-order valence-corrected chi connectivity index (χ1v) is 26.8. The summed E-state index contributed by atoms with van der Waals surface area (Å²) in [7, 11) is 1.76. The van der Waals surface area contributed by atoms with Crippen molar-refractivity contribution >= 4 is 17.8 Å². The summed E-state index contributed by atoms with van der Waals surface area (Å²) in [5.74, 6) is -0.215. The molecule has 0 fully saturated rings. The van der Waals surface area contributed by atoms with Crippen molar-refractivity contribution in [3.63, 3.8) is 0 Å². The first-order valence-electron chi connectivity index (χ1n) is 26.8. The van der Waals surface area contributed by atoms with E-state index < -0.39 is 6.10 Å². The Balaban J connectivity index is 2.42. The highest BCUT2D eigenvalue weighted by Crippen LogP contribution is 2.19. The van der Waals surface area contributed by atoms with E-state index in [1.54, 1.807) is 24.0 Å². The van der Waals surface area contributed by atoms with Gasteiger partial charge < -0.3 is 24.8 Å². The van der Waals surface area contributed by atoms with Crippen LogP contribution in [0.15, 0.2) is 12.3 Å². The zero-order valence-electron chi connectivity index (χ0n) is 41.6. The third-order valence-electron chi connectivity index (χ3n) is 12.6. The summed E-state index contributed by atoms with van der Waals surface area (Å²) in [6, 6.07) is 1.71. The molecule has 1 aromatic heterocycles. The Hall–Kier alpha value is -2.46. The molecule has 1 heterocycles. The number of esters is 2. The quantitative estimate of drug-likeness (QED) is 0.0490. The Labute approximate surface area is 387 Å². The molecule has 0 aliphatic rings. The number of aromatic nitrogens is 2. The Kier molecular flexibility index (Phi) is 40.4. The maximum Gasteiger partial charge on any atom is 0.306 e. The first-order chi connectivity index (χ1) is 30.8. The largest absolute Gasteiger partial charge is 0.466 e. The molecular formula is C53H100N4O6. The van der Waals surface area contributed by atoms with E-state index in [9.17, 15) is 19.5 Å². The van der Waals surface area contributed by atoms with Crippen molar-refractivity contribution in [3.05, 3.63) is 18.0 Å². The number of nitrogens with zero attached hydrogens (tertiary/aromatic N) is 3. The number of aliphatic hydroxyl groups is 1. The molecule has 1 unspecified atom stereocenters. The molecule has 0 saturated heterocycles. The summed E-state index contributed by atoms with van der Waals surface area (Å²) in [5.41, 5.74) is 0.542. The lowest BCUT2D eigenvalue weighted by Gasteiger charge is -2.25. The molecule has 1 rings (SSSR count). The predicted molar refractivity (Wildman–Crippen MR) is 262 cm³/mol. The summed E-state index contributed by atoms with van der Waals surface area (Å²) in [6.45, 7) is 10.3. The molecule has 0 aromatic carbocycles. The van der Waals surface area contributed by atoms with Gasteiger partial charge in [-0.25, -0.2) is 0 Å². The van der Waals surface area contributed by atoms with E-state index >= 15 is 0 Å². The second-order valence-electron chi connectivity index (χ2n) is 18.6. The number of hydrogen-bond donors (Lipinski definition) is 2. The zero-order valence-corrected chi connectivity index (χ0v) is 41.6. The molecule has 10 nitrogen and oxygen atoms in total. The van der Waals surface area contributed by atoms with Crippen molar-refractivity contribution in [3.8, 4) is 0 Å². The lowest BCUT2D eigenvalue weighted by molar-refractivity contribution is -0.150. The lowest BCUT2D eigenvalue weighted by Crippen LogP contribution is -2.34. The van der Waals surface area contributed by atoms with Crippen LogP contribution in [0.2, 0.25) is 0 Å². The summed E-state index contributed by atoms with van der Waals surface area (Å²) >= 11 is 0. The molecule has 0 aliphatic heterocycles. The van der Waals surface area contributed by atoms with Crippen molar-refractivity contribution in [2.75, 3.05) is 32.8 Å². The molecule has 63 heavy (non-hydrogen) atoms. The average Bonchev–Trinajstić information content (AvgIpc) is 3.71. The van der Waals surface area contributed by atoms with E-state index in [2.05, 4.69) is 36.1 Å². The fraction of sp³-hybridized carbons (Fsp3) is 0.887. The minimum absolute atomic E-state index is 0.0139. The Morgan fingerprint density at radius 2 is 1.06 bits per heavy atom. The highest BCUT2D eigenvalue weighted by atomic mass is 16.5. The van der Waals surface area contributed by atoms with Gasteiger partial charge in [-0.2, -0.15) is 5.10 Å². The van der Waals surface area contributed by atoms with Crippen LogP contribution in [0.1, 0.15) is 262 Å². The van der Waals surface area contributed by atoms with Gasteiger partial charge in [-0.05, 0) is 96.2 Å². The summed E-state index contributed by atoms with van der Waals surface area (Å²) in [4.78, 5) is 40.0. The first kappa shape index (κ1) is 58.6. The number of hydrogen-bond acceptors (Lipinski definition) is 8. The van der Waals surface area contributed by atoms with Gasteiger partial charge in [0.05, 0.1) is 12.7 Å². The Morgan fingerprint density at radius 1 is 0.603 bits per heavy atom. The van der Waals surface area contributed by atoms with Crippen LogP contribution in [-0.2, 0) is 26.1 Å². The second-order valence-corrected chi connectivity index (χ2v) is 18.6. The van der Waals surface area contributed by atoms with Gasteiger partial charge in [-0.1, -0.05) is 162 Å².